The molecule has 1 aromatic heterocycles. The number of piperazine rings is 1. The van der Waals surface area contributed by atoms with Crippen molar-refractivity contribution in [3.05, 3.63) is 78.4 Å². The van der Waals surface area contributed by atoms with Crippen LogP contribution in [0.5, 0.6) is 5.75 Å². The van der Waals surface area contributed by atoms with Crippen molar-refractivity contribution in [3.8, 4) is 5.75 Å². The van der Waals surface area contributed by atoms with Crippen molar-refractivity contribution >= 4 is 60.7 Å². The molecule has 0 radical (unpaired) electrons. The van der Waals surface area contributed by atoms with Gasteiger partial charge in [0.1, 0.15) is 5.75 Å². The molecule has 2 heterocycles. The van der Waals surface area contributed by atoms with Crippen LogP contribution in [0.15, 0.2) is 77.7 Å². The quantitative estimate of drug-likeness (QED) is 0.276. The van der Waals surface area contributed by atoms with Crippen LogP contribution in [0, 0.1) is 0 Å². The molecule has 9 nitrogen and oxygen atoms in total. The lowest BCUT2D eigenvalue weighted by atomic mass is 10.2. The number of benzene rings is 3. The van der Waals surface area contributed by atoms with Gasteiger partial charge >= 0.3 is 0 Å². The number of fused-ring (bicyclic) bond motifs is 1. The van der Waals surface area contributed by atoms with Crippen LogP contribution in [0.1, 0.15) is 17.3 Å². The number of aromatic nitrogens is 1. The number of ether oxygens (including phenoxy) is 1. The molecule has 0 spiro atoms. The van der Waals surface area contributed by atoms with Gasteiger partial charge in [0, 0.05) is 50.5 Å². The van der Waals surface area contributed by atoms with Gasteiger partial charge in [0.15, 0.2) is 5.13 Å². The maximum absolute atomic E-state index is 12.6. The molecule has 40 heavy (non-hydrogen) atoms. The molecule has 3 aromatic carbocycles. The predicted octanol–water partition coefficient (Wildman–Crippen LogP) is 4.47. The third kappa shape index (κ3) is 7.22. The Morgan fingerprint density at radius 2 is 1.73 bits per heavy atom. The molecule has 4 aromatic rings. The maximum atomic E-state index is 12.6. The molecular formula is C28H32ClN5O4S2. The summed E-state index contributed by atoms with van der Waals surface area (Å²) < 4.78 is 34.2. The number of carbonyl (C=O) groups is 1. The minimum atomic E-state index is -3.67. The fourth-order valence-corrected chi connectivity index (χ4v) is 6.51. The highest BCUT2D eigenvalue weighted by atomic mass is 35.5. The zero-order valence-electron chi connectivity index (χ0n) is 22.1. The number of hydrogen-bond acceptors (Lipinski definition) is 8. The second-order valence-electron chi connectivity index (χ2n) is 9.14. The molecule has 1 aliphatic rings. The first-order chi connectivity index (χ1) is 18.9. The van der Waals surface area contributed by atoms with Gasteiger partial charge < -0.3 is 15.0 Å². The molecular weight excluding hydrogens is 570 g/mol. The van der Waals surface area contributed by atoms with E-state index in [2.05, 4.69) is 25.9 Å². The molecule has 1 fully saturated rings. The second-order valence-corrected chi connectivity index (χ2v) is 11.8. The van der Waals surface area contributed by atoms with E-state index in [1.807, 2.05) is 19.1 Å². The third-order valence-corrected chi connectivity index (χ3v) is 8.94. The van der Waals surface area contributed by atoms with Gasteiger partial charge in [-0.05, 0) is 61.5 Å². The van der Waals surface area contributed by atoms with Gasteiger partial charge in [0.05, 0.1) is 21.7 Å². The van der Waals surface area contributed by atoms with Crippen LogP contribution in [0.25, 0.3) is 10.2 Å². The van der Waals surface area contributed by atoms with Crippen molar-refractivity contribution in [2.45, 2.75) is 11.8 Å². The molecule has 0 unspecified atom stereocenters. The number of rotatable bonds is 10. The second kappa shape index (κ2) is 13.3. The number of hydrogen-bond donors (Lipinski definition) is 2. The van der Waals surface area contributed by atoms with E-state index in [1.54, 1.807) is 53.8 Å². The Bertz CT molecular complexity index is 1520. The molecule has 0 bridgehead atoms. The zero-order valence-corrected chi connectivity index (χ0v) is 24.5. The Morgan fingerprint density at radius 3 is 2.42 bits per heavy atom. The summed E-state index contributed by atoms with van der Waals surface area (Å²) in [5, 5.41) is 3.99. The van der Waals surface area contributed by atoms with E-state index in [0.717, 1.165) is 53.8 Å². The fourth-order valence-electron chi connectivity index (χ4n) is 4.38. The normalized spacial score (nSPS) is 14.0. The van der Waals surface area contributed by atoms with E-state index < -0.39 is 10.0 Å². The molecule has 0 aliphatic carbocycles. The van der Waals surface area contributed by atoms with Crippen LogP contribution in [0.2, 0.25) is 0 Å². The van der Waals surface area contributed by atoms with E-state index >= 15 is 0 Å². The molecule has 1 aliphatic heterocycles. The Labute approximate surface area is 244 Å². The summed E-state index contributed by atoms with van der Waals surface area (Å²) >= 11 is 1.69. The third-order valence-electron chi connectivity index (χ3n) is 6.47. The smallest absolute Gasteiger partial charge is 0.261 e. The number of halogens is 1. The van der Waals surface area contributed by atoms with Crippen molar-refractivity contribution in [2.24, 2.45) is 0 Å². The number of amides is 1. The average molecular weight is 602 g/mol. The van der Waals surface area contributed by atoms with Crippen LogP contribution >= 0.6 is 23.7 Å². The van der Waals surface area contributed by atoms with E-state index in [4.69, 9.17) is 9.72 Å². The van der Waals surface area contributed by atoms with Gasteiger partial charge in [-0.15, -0.1) is 12.4 Å². The van der Waals surface area contributed by atoms with Crippen LogP contribution in [-0.4, -0.2) is 70.1 Å². The van der Waals surface area contributed by atoms with E-state index in [9.17, 15) is 13.2 Å². The Balaban J connectivity index is 0.00000370. The van der Waals surface area contributed by atoms with Gasteiger partial charge in [-0.25, -0.2) is 13.4 Å². The van der Waals surface area contributed by atoms with Gasteiger partial charge in [-0.3, -0.25) is 14.4 Å². The van der Waals surface area contributed by atoms with Crippen molar-refractivity contribution < 1.29 is 17.9 Å². The van der Waals surface area contributed by atoms with E-state index in [-0.39, 0.29) is 23.2 Å². The van der Waals surface area contributed by atoms with Crippen LogP contribution in [0.4, 0.5) is 10.8 Å². The largest absolute Gasteiger partial charge is 0.494 e. The summed E-state index contributed by atoms with van der Waals surface area (Å²) in [6.45, 7) is 7.46. The summed E-state index contributed by atoms with van der Waals surface area (Å²) in [5.74, 6) is 0.683. The lowest BCUT2D eigenvalue weighted by molar-refractivity contribution is 0.0948. The highest BCUT2D eigenvalue weighted by Gasteiger charge is 2.20. The van der Waals surface area contributed by atoms with Gasteiger partial charge in [-0.2, -0.15) is 0 Å². The topological polar surface area (TPSA) is 104 Å². The molecule has 2 N–H and O–H groups in total. The average Bonchev–Trinajstić information content (AvgIpc) is 3.38. The molecule has 0 saturated carbocycles. The monoisotopic (exact) mass is 601 g/mol. The van der Waals surface area contributed by atoms with Crippen molar-refractivity contribution in [2.75, 3.05) is 55.5 Å². The molecule has 212 valence electrons. The maximum Gasteiger partial charge on any atom is 0.261 e. The first kappa shape index (κ1) is 29.6. The Hall–Kier alpha value is -3.38. The first-order valence-corrected chi connectivity index (χ1v) is 15.2. The number of anilines is 2. The number of nitrogens with one attached hydrogen (secondary N) is 2. The Kier molecular flexibility index (Phi) is 9.85. The summed E-state index contributed by atoms with van der Waals surface area (Å²) in [4.78, 5) is 22.2. The van der Waals surface area contributed by atoms with Crippen molar-refractivity contribution in [3.63, 3.8) is 0 Å². The SMILES string of the molecule is CCOc1ccc2nc(N3CCN(CCNC(=O)c4ccc(NS(=O)(=O)c5ccccc5)cc4)CC3)sc2c1.Cl. The number of carbonyl (C=O) groups excluding carboxylic acids is 1. The molecule has 0 atom stereocenters. The van der Waals surface area contributed by atoms with Crippen LogP contribution in [-0.2, 0) is 10.0 Å². The fraction of sp³-hybridized carbons (Fsp3) is 0.286. The standard InChI is InChI=1S/C28H31N5O4S2.ClH/c1-2-37-23-12-13-25-26(20-23)38-28(30-25)33-18-16-32(17-19-33)15-14-29-27(34)21-8-10-22(11-9-21)31-39(35,36)24-6-4-3-5-7-24;/h3-13,20,31H,2,14-19H2,1H3,(H,29,34);1H. The highest BCUT2D eigenvalue weighted by Crippen LogP contribution is 2.32. The number of sulfonamides is 1. The predicted molar refractivity (Wildman–Crippen MR) is 163 cm³/mol. The molecule has 12 heteroatoms. The summed E-state index contributed by atoms with van der Waals surface area (Å²) in [5.41, 5.74) is 1.87. The molecule has 1 saturated heterocycles. The Morgan fingerprint density at radius 1 is 1.00 bits per heavy atom. The van der Waals surface area contributed by atoms with Crippen molar-refractivity contribution in [1.29, 1.82) is 0 Å². The van der Waals surface area contributed by atoms with Crippen LogP contribution < -0.4 is 19.7 Å². The zero-order chi connectivity index (χ0) is 27.2. The van der Waals surface area contributed by atoms with Gasteiger partial charge in [0.2, 0.25) is 0 Å². The number of thiazole rings is 1. The first-order valence-electron chi connectivity index (χ1n) is 12.9. The minimum Gasteiger partial charge on any atom is -0.494 e. The lowest BCUT2D eigenvalue weighted by Crippen LogP contribution is -2.48. The van der Waals surface area contributed by atoms with E-state index in [1.165, 1.54) is 12.1 Å². The van der Waals surface area contributed by atoms with Gasteiger partial charge in [0.25, 0.3) is 15.9 Å². The summed E-state index contributed by atoms with van der Waals surface area (Å²) in [6, 6.07) is 20.6. The van der Waals surface area contributed by atoms with Crippen molar-refractivity contribution in [1.82, 2.24) is 15.2 Å². The molecule has 5 rings (SSSR count). The summed E-state index contributed by atoms with van der Waals surface area (Å²) in [6.07, 6.45) is 0. The highest BCUT2D eigenvalue weighted by molar-refractivity contribution is 7.92. The summed E-state index contributed by atoms with van der Waals surface area (Å²) in [7, 11) is -3.67. The van der Waals surface area contributed by atoms with Gasteiger partial charge in [-0.1, -0.05) is 29.5 Å². The minimum absolute atomic E-state index is 0. The lowest BCUT2D eigenvalue weighted by Gasteiger charge is -2.34. The van der Waals surface area contributed by atoms with Crippen LogP contribution in [0.3, 0.4) is 0 Å². The molecule has 1 amide bonds. The van der Waals surface area contributed by atoms with E-state index in [0.29, 0.717) is 24.4 Å². The number of nitrogens with zero attached hydrogens (tertiary/aromatic N) is 3.